The molecule has 0 saturated heterocycles. The van der Waals surface area contributed by atoms with Gasteiger partial charge in [0.2, 0.25) is 0 Å². The molecular formula is C8H9ClN2O. The van der Waals surface area contributed by atoms with E-state index in [-0.39, 0.29) is 5.69 Å². The number of hydrogen-bond donors (Lipinski definition) is 1. The largest absolute Gasteiger partial charge is 0.344 e. The maximum Gasteiger partial charge on any atom is 0.344 e. The predicted octanol–water partition coefficient (Wildman–Crippen LogP) is 1.41. The number of aromatic amines is 1. The summed E-state index contributed by atoms with van der Waals surface area (Å²) in [5.74, 6) is 0.604. The molecule has 1 rings (SSSR count). The van der Waals surface area contributed by atoms with Crippen molar-refractivity contribution in [3.8, 4) is 0 Å². The number of alkyl halides is 1. The standard InChI is InChI=1S/C8H9ClN2O/c9-4-2-1-3-7-5-10-8(12)11-6-7/h1,3,5-6H,2,4H2,(H,10,11,12). The van der Waals surface area contributed by atoms with Crippen molar-refractivity contribution in [2.75, 3.05) is 5.88 Å². The van der Waals surface area contributed by atoms with Crippen molar-refractivity contribution < 1.29 is 0 Å². The monoisotopic (exact) mass is 184 g/mol. The Bertz CT molecular complexity index is 299. The van der Waals surface area contributed by atoms with E-state index in [1.54, 1.807) is 6.20 Å². The van der Waals surface area contributed by atoms with Crippen LogP contribution in [0.4, 0.5) is 0 Å². The van der Waals surface area contributed by atoms with Crippen LogP contribution in [0.25, 0.3) is 6.08 Å². The van der Waals surface area contributed by atoms with Gasteiger partial charge in [-0.2, -0.15) is 0 Å². The highest BCUT2D eigenvalue weighted by molar-refractivity contribution is 6.17. The highest BCUT2D eigenvalue weighted by atomic mass is 35.5. The molecule has 0 atom stereocenters. The first kappa shape index (κ1) is 9.00. The van der Waals surface area contributed by atoms with Crippen LogP contribution in [0.1, 0.15) is 12.0 Å². The molecule has 0 saturated carbocycles. The molecule has 64 valence electrons. The van der Waals surface area contributed by atoms with Crippen molar-refractivity contribution in [2.45, 2.75) is 6.42 Å². The number of nitrogens with one attached hydrogen (secondary N) is 1. The summed E-state index contributed by atoms with van der Waals surface area (Å²) in [4.78, 5) is 16.6. The molecule has 1 aromatic rings. The third-order valence-corrected chi connectivity index (χ3v) is 1.50. The van der Waals surface area contributed by atoms with Crippen LogP contribution in [0, 0.1) is 0 Å². The summed E-state index contributed by atoms with van der Waals surface area (Å²) in [6.07, 6.45) is 7.75. The number of H-pyrrole nitrogens is 1. The van der Waals surface area contributed by atoms with Gasteiger partial charge in [0, 0.05) is 23.8 Å². The summed E-state index contributed by atoms with van der Waals surface area (Å²) < 4.78 is 0. The lowest BCUT2D eigenvalue weighted by molar-refractivity contribution is 1.07. The summed E-state index contributed by atoms with van der Waals surface area (Å²) in [5.41, 5.74) is 0.546. The molecule has 1 aromatic heterocycles. The predicted molar refractivity (Wildman–Crippen MR) is 49.2 cm³/mol. The smallest absolute Gasteiger partial charge is 0.312 e. The topological polar surface area (TPSA) is 45.8 Å². The van der Waals surface area contributed by atoms with Crippen molar-refractivity contribution in [3.05, 3.63) is 34.5 Å². The minimum atomic E-state index is -0.329. The second-order valence-corrected chi connectivity index (χ2v) is 2.61. The first-order valence-corrected chi connectivity index (χ1v) is 4.13. The normalized spacial score (nSPS) is 10.8. The van der Waals surface area contributed by atoms with Crippen molar-refractivity contribution in [1.29, 1.82) is 0 Å². The van der Waals surface area contributed by atoms with E-state index >= 15 is 0 Å². The second-order valence-electron chi connectivity index (χ2n) is 2.23. The molecule has 0 aliphatic rings. The highest BCUT2D eigenvalue weighted by Gasteiger charge is 1.85. The summed E-state index contributed by atoms with van der Waals surface area (Å²) in [5, 5.41) is 0. The zero-order chi connectivity index (χ0) is 8.81. The summed E-state index contributed by atoms with van der Waals surface area (Å²) >= 11 is 5.47. The molecule has 0 amide bonds. The maximum absolute atomic E-state index is 10.5. The van der Waals surface area contributed by atoms with Gasteiger partial charge in [-0.3, -0.25) is 0 Å². The number of rotatable bonds is 3. The first-order chi connectivity index (χ1) is 5.83. The van der Waals surface area contributed by atoms with Crippen LogP contribution in [0.2, 0.25) is 0 Å². The Hall–Kier alpha value is -1.09. The van der Waals surface area contributed by atoms with Gasteiger partial charge in [0.25, 0.3) is 0 Å². The molecule has 0 unspecified atom stereocenters. The van der Waals surface area contributed by atoms with Crippen LogP contribution >= 0.6 is 11.6 Å². The molecule has 3 nitrogen and oxygen atoms in total. The third-order valence-electron chi connectivity index (χ3n) is 1.28. The van der Waals surface area contributed by atoms with E-state index in [0.717, 1.165) is 12.0 Å². The van der Waals surface area contributed by atoms with Crippen LogP contribution in [0.15, 0.2) is 23.3 Å². The van der Waals surface area contributed by atoms with Crippen LogP contribution in [-0.2, 0) is 0 Å². The van der Waals surface area contributed by atoms with Crippen molar-refractivity contribution >= 4 is 17.7 Å². The average molecular weight is 185 g/mol. The zero-order valence-electron chi connectivity index (χ0n) is 6.46. The Morgan fingerprint density at radius 2 is 2.50 bits per heavy atom. The van der Waals surface area contributed by atoms with Gasteiger partial charge in [0.05, 0.1) is 0 Å². The van der Waals surface area contributed by atoms with Crippen LogP contribution < -0.4 is 5.69 Å². The van der Waals surface area contributed by atoms with Crippen LogP contribution in [-0.4, -0.2) is 15.8 Å². The van der Waals surface area contributed by atoms with Gasteiger partial charge in [0.15, 0.2) is 0 Å². The molecule has 0 spiro atoms. The van der Waals surface area contributed by atoms with E-state index in [0.29, 0.717) is 5.88 Å². The molecule has 12 heavy (non-hydrogen) atoms. The Kier molecular flexibility index (Phi) is 3.54. The first-order valence-electron chi connectivity index (χ1n) is 3.60. The maximum atomic E-state index is 10.5. The molecule has 1 N–H and O–H groups in total. The van der Waals surface area contributed by atoms with Gasteiger partial charge in [-0.15, -0.1) is 11.6 Å². The molecular weight excluding hydrogens is 176 g/mol. The molecule has 0 bridgehead atoms. The van der Waals surface area contributed by atoms with Crippen molar-refractivity contribution in [1.82, 2.24) is 9.97 Å². The quantitative estimate of drug-likeness (QED) is 0.723. The molecule has 1 heterocycles. The van der Waals surface area contributed by atoms with Gasteiger partial charge in [-0.1, -0.05) is 12.2 Å². The van der Waals surface area contributed by atoms with Crippen LogP contribution in [0.5, 0.6) is 0 Å². The summed E-state index contributed by atoms with van der Waals surface area (Å²) in [7, 11) is 0. The van der Waals surface area contributed by atoms with E-state index in [9.17, 15) is 4.79 Å². The summed E-state index contributed by atoms with van der Waals surface area (Å²) in [6, 6.07) is 0. The fourth-order valence-corrected chi connectivity index (χ4v) is 0.852. The van der Waals surface area contributed by atoms with E-state index in [1.165, 1.54) is 6.20 Å². The van der Waals surface area contributed by atoms with Crippen molar-refractivity contribution in [2.24, 2.45) is 0 Å². The number of allylic oxidation sites excluding steroid dienone is 1. The molecule has 0 radical (unpaired) electrons. The van der Waals surface area contributed by atoms with Crippen molar-refractivity contribution in [3.63, 3.8) is 0 Å². The molecule has 0 aliphatic heterocycles. The SMILES string of the molecule is O=c1ncc(C=CCCCl)c[nH]1. The summed E-state index contributed by atoms with van der Waals surface area (Å²) in [6.45, 7) is 0. The number of nitrogens with zero attached hydrogens (tertiary/aromatic N) is 1. The zero-order valence-corrected chi connectivity index (χ0v) is 7.21. The number of aromatic nitrogens is 2. The Labute approximate surface area is 75.1 Å². The minimum Gasteiger partial charge on any atom is -0.312 e. The lowest BCUT2D eigenvalue weighted by Crippen LogP contribution is -2.07. The highest BCUT2D eigenvalue weighted by Crippen LogP contribution is 1.97. The third kappa shape index (κ3) is 2.88. The number of halogens is 1. The Morgan fingerprint density at radius 3 is 3.08 bits per heavy atom. The molecule has 4 heteroatoms. The molecule has 0 aromatic carbocycles. The van der Waals surface area contributed by atoms with E-state index in [4.69, 9.17) is 11.6 Å². The Morgan fingerprint density at radius 1 is 1.67 bits per heavy atom. The molecule has 0 fully saturated rings. The lowest BCUT2D eigenvalue weighted by Gasteiger charge is -1.88. The van der Waals surface area contributed by atoms with Gasteiger partial charge >= 0.3 is 5.69 Å². The van der Waals surface area contributed by atoms with Gasteiger partial charge in [-0.05, 0) is 6.42 Å². The van der Waals surface area contributed by atoms with Gasteiger partial charge in [-0.25, -0.2) is 9.78 Å². The van der Waals surface area contributed by atoms with Crippen LogP contribution in [0.3, 0.4) is 0 Å². The van der Waals surface area contributed by atoms with E-state index in [1.807, 2.05) is 12.2 Å². The van der Waals surface area contributed by atoms with E-state index < -0.39 is 0 Å². The minimum absolute atomic E-state index is 0.329. The van der Waals surface area contributed by atoms with Gasteiger partial charge < -0.3 is 4.98 Å². The number of hydrogen-bond acceptors (Lipinski definition) is 2. The fraction of sp³-hybridized carbons (Fsp3) is 0.250. The second kappa shape index (κ2) is 4.72. The van der Waals surface area contributed by atoms with Gasteiger partial charge in [0.1, 0.15) is 0 Å². The molecule has 0 aliphatic carbocycles. The lowest BCUT2D eigenvalue weighted by atomic mass is 10.3. The Balaban J connectivity index is 2.64. The average Bonchev–Trinajstić information content (AvgIpc) is 2.09. The van der Waals surface area contributed by atoms with E-state index in [2.05, 4.69) is 9.97 Å². The fourth-order valence-electron chi connectivity index (χ4n) is 0.726.